The summed E-state index contributed by atoms with van der Waals surface area (Å²) in [5.41, 5.74) is 1.37. The first-order chi connectivity index (χ1) is 12.7. The number of carbonyl (C=O) groups excluding carboxylic acids is 1. The molecule has 1 aliphatic heterocycles. The molecule has 1 aliphatic rings. The van der Waals surface area contributed by atoms with Gasteiger partial charge in [0.25, 0.3) is 5.91 Å². The van der Waals surface area contributed by atoms with E-state index in [-0.39, 0.29) is 12.4 Å². The minimum Gasteiger partial charge on any atom is -0.454 e. The molecule has 0 saturated carbocycles. The summed E-state index contributed by atoms with van der Waals surface area (Å²) < 4.78 is 10.6. The summed E-state index contributed by atoms with van der Waals surface area (Å²) in [7, 11) is 0. The summed E-state index contributed by atoms with van der Waals surface area (Å²) in [5.74, 6) is 0.799. The van der Waals surface area contributed by atoms with E-state index in [1.807, 2.05) is 48.5 Å². The number of carbonyl (C=O) groups is 1. The zero-order valence-electron chi connectivity index (χ0n) is 13.7. The Morgan fingerprint density at radius 1 is 1.04 bits per heavy atom. The summed E-state index contributed by atoms with van der Waals surface area (Å²) >= 11 is 0. The number of amides is 1. The minimum absolute atomic E-state index is 0.0109. The zero-order chi connectivity index (χ0) is 17.9. The van der Waals surface area contributed by atoms with E-state index in [0.717, 1.165) is 10.8 Å². The summed E-state index contributed by atoms with van der Waals surface area (Å²) in [6, 6.07) is 20.6. The highest BCUT2D eigenvalue weighted by atomic mass is 16.7. The van der Waals surface area contributed by atoms with Crippen LogP contribution in [-0.4, -0.2) is 12.7 Å². The minimum atomic E-state index is -0.457. The Morgan fingerprint density at radius 2 is 1.85 bits per heavy atom. The highest BCUT2D eigenvalue weighted by molar-refractivity contribution is 6.12. The first-order valence-electron chi connectivity index (χ1n) is 8.05. The molecule has 0 fully saturated rings. The fourth-order valence-corrected chi connectivity index (χ4v) is 2.84. The summed E-state index contributed by atoms with van der Waals surface area (Å²) in [6.45, 7) is 0.176. The second-order valence-corrected chi connectivity index (χ2v) is 5.76. The van der Waals surface area contributed by atoms with Crippen molar-refractivity contribution in [2.75, 3.05) is 12.1 Å². The molecule has 126 valence electrons. The lowest BCUT2D eigenvalue weighted by Crippen LogP contribution is -2.13. The van der Waals surface area contributed by atoms with Crippen molar-refractivity contribution < 1.29 is 14.3 Å². The molecule has 0 saturated heterocycles. The molecule has 0 bridgehead atoms. The number of rotatable bonds is 3. The molecule has 26 heavy (non-hydrogen) atoms. The normalized spacial score (nSPS) is 12.7. The van der Waals surface area contributed by atoms with Crippen molar-refractivity contribution in [1.82, 2.24) is 0 Å². The van der Waals surface area contributed by atoms with Gasteiger partial charge in [0, 0.05) is 11.1 Å². The first-order valence-corrected chi connectivity index (χ1v) is 8.05. The molecule has 0 unspecified atom stereocenters. The fourth-order valence-electron chi connectivity index (χ4n) is 2.84. The van der Waals surface area contributed by atoms with Crippen LogP contribution in [0.15, 0.2) is 66.2 Å². The molecule has 4 rings (SSSR count). The lowest BCUT2D eigenvalue weighted by atomic mass is 10.1. The van der Waals surface area contributed by atoms with E-state index < -0.39 is 5.91 Å². The highest BCUT2D eigenvalue weighted by Gasteiger charge is 2.15. The Hall–Kier alpha value is -3.78. The highest BCUT2D eigenvalue weighted by Crippen LogP contribution is 2.33. The molecule has 0 spiro atoms. The lowest BCUT2D eigenvalue weighted by Gasteiger charge is -2.08. The average Bonchev–Trinajstić information content (AvgIpc) is 3.14. The van der Waals surface area contributed by atoms with Crippen molar-refractivity contribution in [1.29, 1.82) is 5.26 Å². The fraction of sp³-hybridized carbons (Fsp3) is 0.0476. The predicted octanol–water partition coefficient (Wildman–Crippen LogP) is 4.11. The molecule has 5 heteroatoms. The van der Waals surface area contributed by atoms with Crippen LogP contribution in [0.5, 0.6) is 11.5 Å². The van der Waals surface area contributed by atoms with Crippen LogP contribution >= 0.6 is 0 Å². The summed E-state index contributed by atoms with van der Waals surface area (Å²) in [6.07, 6.45) is 1.53. The van der Waals surface area contributed by atoms with Gasteiger partial charge < -0.3 is 14.8 Å². The van der Waals surface area contributed by atoms with Crippen LogP contribution in [0, 0.1) is 11.3 Å². The van der Waals surface area contributed by atoms with Gasteiger partial charge in [-0.15, -0.1) is 0 Å². The van der Waals surface area contributed by atoms with E-state index in [1.54, 1.807) is 18.2 Å². The molecule has 5 nitrogen and oxygen atoms in total. The van der Waals surface area contributed by atoms with Crippen LogP contribution in [0.25, 0.3) is 16.8 Å². The number of anilines is 1. The second kappa shape index (κ2) is 6.61. The molecular weight excluding hydrogens is 328 g/mol. The number of hydrogen-bond donors (Lipinski definition) is 1. The standard InChI is InChI=1S/C21H14N2O3/c22-12-16(10-14-8-9-19-20(11-14)26-13-25-19)21(24)23-18-7-3-5-15-4-1-2-6-17(15)18/h1-11H,13H2,(H,23,24)/b16-10+. The smallest absolute Gasteiger partial charge is 0.266 e. The van der Waals surface area contributed by atoms with Gasteiger partial charge in [0.1, 0.15) is 11.6 Å². The third kappa shape index (κ3) is 2.96. The number of hydrogen-bond acceptors (Lipinski definition) is 4. The lowest BCUT2D eigenvalue weighted by molar-refractivity contribution is -0.112. The molecule has 1 amide bonds. The molecule has 3 aromatic rings. The molecule has 1 heterocycles. The number of ether oxygens (including phenoxy) is 2. The molecule has 3 aromatic carbocycles. The Balaban J connectivity index is 1.62. The summed E-state index contributed by atoms with van der Waals surface area (Å²) in [5, 5.41) is 14.2. The topological polar surface area (TPSA) is 71.3 Å². The first kappa shape index (κ1) is 15.7. The van der Waals surface area contributed by atoms with E-state index in [9.17, 15) is 10.1 Å². The van der Waals surface area contributed by atoms with Crippen LogP contribution in [0.4, 0.5) is 5.69 Å². The number of nitrogens with zero attached hydrogens (tertiary/aromatic N) is 1. The Morgan fingerprint density at radius 3 is 2.73 bits per heavy atom. The van der Waals surface area contributed by atoms with Gasteiger partial charge in [-0.25, -0.2) is 0 Å². The monoisotopic (exact) mass is 342 g/mol. The van der Waals surface area contributed by atoms with E-state index in [4.69, 9.17) is 9.47 Å². The van der Waals surface area contributed by atoms with Crippen LogP contribution < -0.4 is 14.8 Å². The molecule has 0 aliphatic carbocycles. The zero-order valence-corrected chi connectivity index (χ0v) is 13.7. The third-order valence-electron chi connectivity index (χ3n) is 4.11. The number of benzene rings is 3. The Bertz CT molecular complexity index is 1070. The van der Waals surface area contributed by atoms with E-state index in [1.165, 1.54) is 6.08 Å². The van der Waals surface area contributed by atoms with Crippen LogP contribution in [-0.2, 0) is 4.79 Å². The van der Waals surface area contributed by atoms with Gasteiger partial charge in [0.2, 0.25) is 6.79 Å². The van der Waals surface area contributed by atoms with Crippen LogP contribution in [0.2, 0.25) is 0 Å². The number of nitriles is 1. The Labute approximate surface area is 150 Å². The van der Waals surface area contributed by atoms with Gasteiger partial charge in [0.15, 0.2) is 11.5 Å². The van der Waals surface area contributed by atoms with Crippen molar-refractivity contribution >= 4 is 28.4 Å². The van der Waals surface area contributed by atoms with E-state index in [0.29, 0.717) is 22.7 Å². The maximum absolute atomic E-state index is 12.6. The van der Waals surface area contributed by atoms with Crippen LogP contribution in [0.1, 0.15) is 5.56 Å². The second-order valence-electron chi connectivity index (χ2n) is 5.76. The van der Waals surface area contributed by atoms with Gasteiger partial charge in [-0.1, -0.05) is 42.5 Å². The largest absolute Gasteiger partial charge is 0.454 e. The average molecular weight is 342 g/mol. The third-order valence-corrected chi connectivity index (χ3v) is 4.11. The maximum Gasteiger partial charge on any atom is 0.266 e. The SMILES string of the molecule is N#C/C(=C\c1ccc2c(c1)OCO2)C(=O)Nc1cccc2ccccc12. The van der Waals surface area contributed by atoms with Crippen molar-refractivity contribution in [3.05, 3.63) is 71.8 Å². The molecule has 0 atom stereocenters. The van der Waals surface area contributed by atoms with Gasteiger partial charge in [0.05, 0.1) is 0 Å². The summed E-state index contributed by atoms with van der Waals surface area (Å²) in [4.78, 5) is 12.6. The van der Waals surface area contributed by atoms with Gasteiger partial charge in [-0.05, 0) is 35.2 Å². The van der Waals surface area contributed by atoms with Crippen LogP contribution in [0.3, 0.4) is 0 Å². The van der Waals surface area contributed by atoms with Gasteiger partial charge >= 0.3 is 0 Å². The molecular formula is C21H14N2O3. The van der Waals surface area contributed by atoms with E-state index in [2.05, 4.69) is 5.32 Å². The van der Waals surface area contributed by atoms with Gasteiger partial charge in [-0.2, -0.15) is 5.26 Å². The molecule has 0 aromatic heterocycles. The quantitative estimate of drug-likeness (QED) is 0.574. The number of nitrogens with one attached hydrogen (secondary N) is 1. The van der Waals surface area contributed by atoms with Crippen molar-refractivity contribution in [3.63, 3.8) is 0 Å². The number of fused-ring (bicyclic) bond motifs is 2. The maximum atomic E-state index is 12.6. The Kier molecular flexibility index (Phi) is 4.00. The predicted molar refractivity (Wildman–Crippen MR) is 98.7 cm³/mol. The molecule has 1 N–H and O–H groups in total. The van der Waals surface area contributed by atoms with E-state index >= 15 is 0 Å². The van der Waals surface area contributed by atoms with Gasteiger partial charge in [-0.3, -0.25) is 4.79 Å². The van der Waals surface area contributed by atoms with Crippen molar-refractivity contribution in [2.24, 2.45) is 0 Å². The van der Waals surface area contributed by atoms with Crippen molar-refractivity contribution in [2.45, 2.75) is 0 Å². The van der Waals surface area contributed by atoms with Crippen molar-refractivity contribution in [3.8, 4) is 17.6 Å². The molecule has 0 radical (unpaired) electrons.